The minimum absolute atomic E-state index is 0.347. The number of rotatable bonds is 5. The van der Waals surface area contributed by atoms with Crippen LogP contribution in [-0.2, 0) is 27.2 Å². The first-order valence-corrected chi connectivity index (χ1v) is 6.81. The first kappa shape index (κ1) is 14.9. The molecule has 2 heterocycles. The summed E-state index contributed by atoms with van der Waals surface area (Å²) in [5, 5.41) is 3.96. The van der Waals surface area contributed by atoms with Crippen molar-refractivity contribution >= 4 is 5.97 Å². The van der Waals surface area contributed by atoms with E-state index in [1.54, 1.807) is 0 Å². The van der Waals surface area contributed by atoms with E-state index in [1.807, 2.05) is 0 Å². The molecule has 1 aromatic rings. The standard InChI is InChI=1S/C13H21N3O4/c1-9(2)6-11-14-12(20-15-11)8-16-4-5-19-10(7-16)13(17)18-3/h9-10H,4-8H2,1-3H3. The maximum Gasteiger partial charge on any atom is 0.336 e. The summed E-state index contributed by atoms with van der Waals surface area (Å²) in [4.78, 5) is 17.9. The highest BCUT2D eigenvalue weighted by Gasteiger charge is 2.28. The minimum atomic E-state index is -0.535. The molecule has 1 aliphatic rings. The van der Waals surface area contributed by atoms with Crippen molar-refractivity contribution in [2.24, 2.45) is 5.92 Å². The number of nitrogens with zero attached hydrogens (tertiary/aromatic N) is 3. The Morgan fingerprint density at radius 3 is 3.05 bits per heavy atom. The van der Waals surface area contributed by atoms with Crippen LogP contribution in [0.2, 0.25) is 0 Å². The first-order chi connectivity index (χ1) is 9.58. The zero-order chi connectivity index (χ0) is 14.5. The Morgan fingerprint density at radius 1 is 1.55 bits per heavy atom. The van der Waals surface area contributed by atoms with Crippen LogP contribution in [-0.4, -0.2) is 53.9 Å². The van der Waals surface area contributed by atoms with Crippen LogP contribution >= 0.6 is 0 Å². The Kier molecular flexibility index (Phi) is 5.08. The minimum Gasteiger partial charge on any atom is -0.467 e. The third-order valence-electron chi connectivity index (χ3n) is 3.07. The number of carbonyl (C=O) groups is 1. The van der Waals surface area contributed by atoms with Crippen molar-refractivity contribution in [3.63, 3.8) is 0 Å². The molecule has 2 rings (SSSR count). The van der Waals surface area contributed by atoms with Crippen LogP contribution in [0.1, 0.15) is 25.6 Å². The molecule has 0 spiro atoms. The summed E-state index contributed by atoms with van der Waals surface area (Å²) in [7, 11) is 1.36. The van der Waals surface area contributed by atoms with E-state index in [0.29, 0.717) is 31.5 Å². The molecule has 20 heavy (non-hydrogen) atoms. The van der Waals surface area contributed by atoms with E-state index in [1.165, 1.54) is 7.11 Å². The van der Waals surface area contributed by atoms with Gasteiger partial charge < -0.3 is 14.0 Å². The lowest BCUT2D eigenvalue weighted by atomic mass is 10.1. The lowest BCUT2D eigenvalue weighted by molar-refractivity contribution is -0.160. The van der Waals surface area contributed by atoms with E-state index in [4.69, 9.17) is 14.0 Å². The summed E-state index contributed by atoms with van der Waals surface area (Å²) in [6.07, 6.45) is 0.268. The van der Waals surface area contributed by atoms with E-state index in [9.17, 15) is 4.79 Å². The predicted molar refractivity (Wildman–Crippen MR) is 69.9 cm³/mol. The molecular formula is C13H21N3O4. The summed E-state index contributed by atoms with van der Waals surface area (Å²) in [6.45, 7) is 6.45. The summed E-state index contributed by atoms with van der Waals surface area (Å²) in [6, 6.07) is 0. The van der Waals surface area contributed by atoms with Crippen LogP contribution < -0.4 is 0 Å². The smallest absolute Gasteiger partial charge is 0.336 e. The molecule has 0 amide bonds. The van der Waals surface area contributed by atoms with Gasteiger partial charge in [-0.15, -0.1) is 0 Å². The van der Waals surface area contributed by atoms with E-state index >= 15 is 0 Å². The number of morpholine rings is 1. The van der Waals surface area contributed by atoms with Crippen LogP contribution in [0, 0.1) is 5.92 Å². The fourth-order valence-corrected chi connectivity index (χ4v) is 2.11. The molecule has 0 saturated carbocycles. The number of hydrogen-bond acceptors (Lipinski definition) is 7. The SMILES string of the molecule is COC(=O)C1CN(Cc2nc(CC(C)C)no2)CCO1. The molecule has 0 bridgehead atoms. The molecule has 0 radical (unpaired) electrons. The Bertz CT molecular complexity index is 447. The molecule has 0 aliphatic carbocycles. The van der Waals surface area contributed by atoms with Crippen molar-refractivity contribution in [2.75, 3.05) is 26.8 Å². The number of carbonyl (C=O) groups excluding carboxylic acids is 1. The van der Waals surface area contributed by atoms with Gasteiger partial charge in [-0.05, 0) is 5.92 Å². The number of ether oxygens (including phenoxy) is 2. The maximum absolute atomic E-state index is 11.5. The summed E-state index contributed by atoms with van der Waals surface area (Å²) >= 11 is 0. The van der Waals surface area contributed by atoms with E-state index < -0.39 is 6.10 Å². The molecule has 1 fully saturated rings. The van der Waals surface area contributed by atoms with Gasteiger partial charge in [0.05, 0.1) is 20.3 Å². The molecule has 1 unspecified atom stereocenters. The van der Waals surface area contributed by atoms with E-state index in [-0.39, 0.29) is 5.97 Å². The summed E-state index contributed by atoms with van der Waals surface area (Å²) in [5.74, 6) is 1.45. The molecule has 1 aromatic heterocycles. The van der Waals surface area contributed by atoms with Crippen LogP contribution in [0.4, 0.5) is 0 Å². The fourth-order valence-electron chi connectivity index (χ4n) is 2.11. The number of hydrogen-bond donors (Lipinski definition) is 0. The largest absolute Gasteiger partial charge is 0.467 e. The molecule has 112 valence electrons. The van der Waals surface area contributed by atoms with Crippen molar-refractivity contribution in [1.29, 1.82) is 0 Å². The highest BCUT2D eigenvalue weighted by molar-refractivity contribution is 5.74. The van der Waals surface area contributed by atoms with Crippen LogP contribution in [0.3, 0.4) is 0 Å². The van der Waals surface area contributed by atoms with Gasteiger partial charge in [0.25, 0.3) is 0 Å². The Balaban J connectivity index is 1.89. The molecular weight excluding hydrogens is 262 g/mol. The van der Waals surface area contributed by atoms with Gasteiger partial charge in [0.1, 0.15) is 0 Å². The van der Waals surface area contributed by atoms with Crippen LogP contribution in [0.15, 0.2) is 4.52 Å². The Hall–Kier alpha value is -1.47. The molecule has 1 atom stereocenters. The molecule has 7 nitrogen and oxygen atoms in total. The normalized spacial score (nSPS) is 20.3. The first-order valence-electron chi connectivity index (χ1n) is 6.81. The average molecular weight is 283 g/mol. The molecule has 0 aromatic carbocycles. The zero-order valence-electron chi connectivity index (χ0n) is 12.2. The van der Waals surface area contributed by atoms with E-state index in [2.05, 4.69) is 28.9 Å². The predicted octanol–water partition coefficient (Wildman–Crippen LogP) is 0.642. The molecule has 7 heteroatoms. The van der Waals surface area contributed by atoms with Crippen molar-refractivity contribution in [3.8, 4) is 0 Å². The van der Waals surface area contributed by atoms with Crippen molar-refractivity contribution < 1.29 is 18.8 Å². The van der Waals surface area contributed by atoms with Crippen LogP contribution in [0.25, 0.3) is 0 Å². The van der Waals surface area contributed by atoms with Gasteiger partial charge in [-0.1, -0.05) is 19.0 Å². The monoisotopic (exact) mass is 283 g/mol. The zero-order valence-corrected chi connectivity index (χ0v) is 12.2. The number of methoxy groups -OCH3 is 1. The van der Waals surface area contributed by atoms with Gasteiger partial charge in [0.2, 0.25) is 5.89 Å². The van der Waals surface area contributed by atoms with Crippen molar-refractivity contribution in [1.82, 2.24) is 15.0 Å². The molecule has 1 saturated heterocycles. The van der Waals surface area contributed by atoms with Crippen molar-refractivity contribution in [2.45, 2.75) is 32.9 Å². The van der Waals surface area contributed by atoms with Gasteiger partial charge in [0.15, 0.2) is 11.9 Å². The summed E-state index contributed by atoms with van der Waals surface area (Å²) < 4.78 is 15.3. The maximum atomic E-state index is 11.5. The topological polar surface area (TPSA) is 77.7 Å². The quantitative estimate of drug-likeness (QED) is 0.734. The molecule has 0 N–H and O–H groups in total. The fraction of sp³-hybridized carbons (Fsp3) is 0.769. The van der Waals surface area contributed by atoms with Gasteiger partial charge in [-0.3, -0.25) is 4.90 Å². The van der Waals surface area contributed by atoms with Crippen LogP contribution in [0.5, 0.6) is 0 Å². The average Bonchev–Trinajstić information content (AvgIpc) is 2.84. The Labute approximate surface area is 118 Å². The number of aromatic nitrogens is 2. The highest BCUT2D eigenvalue weighted by Crippen LogP contribution is 2.11. The van der Waals surface area contributed by atoms with Gasteiger partial charge >= 0.3 is 5.97 Å². The second-order valence-electron chi connectivity index (χ2n) is 5.32. The van der Waals surface area contributed by atoms with E-state index in [0.717, 1.165) is 18.8 Å². The second kappa shape index (κ2) is 6.81. The Morgan fingerprint density at radius 2 is 2.35 bits per heavy atom. The summed E-state index contributed by atoms with van der Waals surface area (Å²) in [5.41, 5.74) is 0. The van der Waals surface area contributed by atoms with Gasteiger partial charge in [-0.25, -0.2) is 4.79 Å². The third kappa shape index (κ3) is 4.01. The van der Waals surface area contributed by atoms with Gasteiger partial charge in [-0.2, -0.15) is 4.98 Å². The number of esters is 1. The molecule has 1 aliphatic heterocycles. The second-order valence-corrected chi connectivity index (χ2v) is 5.32. The lowest BCUT2D eigenvalue weighted by Gasteiger charge is -2.30. The van der Waals surface area contributed by atoms with Gasteiger partial charge in [0, 0.05) is 19.5 Å². The highest BCUT2D eigenvalue weighted by atomic mass is 16.6. The third-order valence-corrected chi connectivity index (χ3v) is 3.07. The lowest BCUT2D eigenvalue weighted by Crippen LogP contribution is -2.46. The van der Waals surface area contributed by atoms with Crippen molar-refractivity contribution in [3.05, 3.63) is 11.7 Å².